The van der Waals surface area contributed by atoms with Gasteiger partial charge in [0.1, 0.15) is 11.8 Å². The predicted octanol–water partition coefficient (Wildman–Crippen LogP) is 4.42. The molecule has 1 amide bonds. The van der Waals surface area contributed by atoms with E-state index < -0.39 is 6.04 Å². The minimum atomic E-state index is -0.591. The summed E-state index contributed by atoms with van der Waals surface area (Å²) in [5.41, 5.74) is 1.21. The van der Waals surface area contributed by atoms with Crippen LogP contribution in [-0.2, 0) is 4.79 Å². The molecule has 0 aliphatic heterocycles. The highest BCUT2D eigenvalue weighted by Gasteiger charge is 2.26. The first-order valence-electron chi connectivity index (χ1n) is 7.77. The van der Waals surface area contributed by atoms with Crippen LogP contribution in [0, 0.1) is 0 Å². The number of rotatable bonds is 5. The minimum absolute atomic E-state index is 0.133. The lowest BCUT2D eigenvalue weighted by Crippen LogP contribution is -2.44. The first-order chi connectivity index (χ1) is 11.3. The van der Waals surface area contributed by atoms with Crippen LogP contribution in [0.3, 0.4) is 0 Å². The van der Waals surface area contributed by atoms with E-state index in [-0.39, 0.29) is 11.4 Å². The van der Waals surface area contributed by atoms with Crippen LogP contribution in [0.15, 0.2) is 48.5 Å². The number of amides is 1. The molecule has 0 heterocycles. The average Bonchev–Trinajstić information content (AvgIpc) is 2.52. The quantitative estimate of drug-likeness (QED) is 0.842. The number of benzene rings is 2. The van der Waals surface area contributed by atoms with Gasteiger partial charge in [-0.3, -0.25) is 4.79 Å². The molecule has 0 saturated heterocycles. The smallest absolute Gasteiger partial charge is 0.247 e. The van der Waals surface area contributed by atoms with E-state index in [1.165, 1.54) is 0 Å². The van der Waals surface area contributed by atoms with Gasteiger partial charge >= 0.3 is 0 Å². The summed E-state index contributed by atoms with van der Waals surface area (Å²) in [6, 6.07) is 14.2. The molecule has 1 unspecified atom stereocenters. The number of carbonyl (C=O) groups excluding carboxylic acids is 1. The molecule has 1 atom stereocenters. The number of anilines is 1. The largest absolute Gasteiger partial charge is 0.497 e. The van der Waals surface area contributed by atoms with Crippen LogP contribution >= 0.6 is 11.6 Å². The minimum Gasteiger partial charge on any atom is -0.497 e. The Morgan fingerprint density at radius 2 is 1.71 bits per heavy atom. The van der Waals surface area contributed by atoms with Gasteiger partial charge in [0, 0.05) is 21.8 Å². The summed E-state index contributed by atoms with van der Waals surface area (Å²) in [5, 5.41) is 6.81. The lowest BCUT2D eigenvalue weighted by atomic mass is 10.0. The molecule has 0 saturated carbocycles. The molecule has 0 aliphatic carbocycles. The van der Waals surface area contributed by atoms with E-state index in [1.54, 1.807) is 13.2 Å². The molecule has 5 heteroatoms. The molecular formula is C19H23ClN2O2. The Morgan fingerprint density at radius 1 is 1.08 bits per heavy atom. The monoisotopic (exact) mass is 346 g/mol. The Bertz CT molecular complexity index is 693. The van der Waals surface area contributed by atoms with Gasteiger partial charge in [-0.2, -0.15) is 0 Å². The Morgan fingerprint density at radius 3 is 2.25 bits per heavy atom. The zero-order valence-corrected chi connectivity index (χ0v) is 15.1. The van der Waals surface area contributed by atoms with E-state index in [0.29, 0.717) is 5.02 Å². The number of hydrogen-bond donors (Lipinski definition) is 2. The topological polar surface area (TPSA) is 50.4 Å². The summed E-state index contributed by atoms with van der Waals surface area (Å²) < 4.78 is 5.16. The average molecular weight is 347 g/mol. The van der Waals surface area contributed by atoms with Crippen molar-refractivity contribution in [2.24, 2.45) is 0 Å². The summed E-state index contributed by atoms with van der Waals surface area (Å²) in [7, 11) is 1.62. The van der Waals surface area contributed by atoms with Gasteiger partial charge in [0.2, 0.25) is 5.91 Å². The van der Waals surface area contributed by atoms with Crippen molar-refractivity contribution in [3.8, 4) is 5.75 Å². The fraction of sp³-hybridized carbons (Fsp3) is 0.316. The number of ether oxygens (including phenoxy) is 1. The van der Waals surface area contributed by atoms with Crippen molar-refractivity contribution in [2.45, 2.75) is 32.4 Å². The van der Waals surface area contributed by atoms with E-state index in [2.05, 4.69) is 10.6 Å². The number of hydrogen-bond acceptors (Lipinski definition) is 3. The summed E-state index contributed by atoms with van der Waals surface area (Å²) in [4.78, 5) is 12.8. The lowest BCUT2D eigenvalue weighted by molar-refractivity contribution is -0.123. The number of nitrogens with one attached hydrogen (secondary N) is 2. The Hall–Kier alpha value is -2.20. The SMILES string of the molecule is COc1ccc(NC(C(=O)NC(C)(C)C)c2ccccc2Cl)cc1. The van der Waals surface area contributed by atoms with Crippen molar-refractivity contribution in [1.82, 2.24) is 5.32 Å². The third-order valence-corrected chi connectivity index (χ3v) is 3.72. The third-order valence-electron chi connectivity index (χ3n) is 3.38. The van der Waals surface area contributed by atoms with Gasteiger partial charge < -0.3 is 15.4 Å². The molecule has 0 spiro atoms. The van der Waals surface area contributed by atoms with Gasteiger partial charge in [-0.1, -0.05) is 29.8 Å². The molecular weight excluding hydrogens is 324 g/mol. The highest BCUT2D eigenvalue weighted by molar-refractivity contribution is 6.31. The maximum atomic E-state index is 12.8. The van der Waals surface area contributed by atoms with Gasteiger partial charge in [-0.25, -0.2) is 0 Å². The van der Waals surface area contributed by atoms with Crippen molar-refractivity contribution < 1.29 is 9.53 Å². The first-order valence-corrected chi connectivity index (χ1v) is 8.15. The molecule has 2 N–H and O–H groups in total. The highest BCUT2D eigenvalue weighted by Crippen LogP contribution is 2.27. The summed E-state index contributed by atoms with van der Waals surface area (Å²) in [5.74, 6) is 0.625. The first kappa shape index (κ1) is 18.1. The zero-order valence-electron chi connectivity index (χ0n) is 14.4. The van der Waals surface area contributed by atoms with Gasteiger partial charge in [-0.15, -0.1) is 0 Å². The number of halogens is 1. The van der Waals surface area contributed by atoms with Crippen LogP contribution in [0.4, 0.5) is 5.69 Å². The fourth-order valence-electron chi connectivity index (χ4n) is 2.29. The highest BCUT2D eigenvalue weighted by atomic mass is 35.5. The van der Waals surface area contributed by atoms with Crippen LogP contribution < -0.4 is 15.4 Å². The lowest BCUT2D eigenvalue weighted by Gasteiger charge is -2.27. The van der Waals surface area contributed by atoms with Crippen molar-refractivity contribution >= 4 is 23.2 Å². The molecule has 128 valence electrons. The molecule has 4 nitrogen and oxygen atoms in total. The maximum absolute atomic E-state index is 12.8. The van der Waals surface area contributed by atoms with E-state index in [0.717, 1.165) is 17.0 Å². The summed E-state index contributed by atoms with van der Waals surface area (Å²) in [6.07, 6.45) is 0. The van der Waals surface area contributed by atoms with Crippen molar-refractivity contribution in [1.29, 1.82) is 0 Å². The van der Waals surface area contributed by atoms with E-state index in [1.807, 2.05) is 63.2 Å². The normalized spacial score (nSPS) is 12.4. The van der Waals surface area contributed by atoms with Gasteiger partial charge in [0.05, 0.1) is 7.11 Å². The molecule has 0 aromatic heterocycles. The predicted molar refractivity (Wildman–Crippen MR) is 98.7 cm³/mol. The van der Waals surface area contributed by atoms with Crippen LogP contribution in [0.2, 0.25) is 5.02 Å². The molecule has 0 radical (unpaired) electrons. The zero-order chi connectivity index (χ0) is 17.7. The molecule has 24 heavy (non-hydrogen) atoms. The maximum Gasteiger partial charge on any atom is 0.247 e. The molecule has 0 fully saturated rings. The molecule has 2 aromatic rings. The molecule has 2 rings (SSSR count). The van der Waals surface area contributed by atoms with Crippen molar-refractivity contribution in [2.75, 3.05) is 12.4 Å². The van der Waals surface area contributed by atoms with Crippen LogP contribution in [0.25, 0.3) is 0 Å². The summed E-state index contributed by atoms with van der Waals surface area (Å²) >= 11 is 6.31. The Labute approximate surface area is 148 Å². The Kier molecular flexibility index (Phi) is 5.73. The number of carbonyl (C=O) groups is 1. The molecule has 0 bridgehead atoms. The van der Waals surface area contributed by atoms with Crippen molar-refractivity contribution in [3.63, 3.8) is 0 Å². The van der Waals surface area contributed by atoms with E-state index in [9.17, 15) is 4.79 Å². The van der Waals surface area contributed by atoms with E-state index in [4.69, 9.17) is 16.3 Å². The molecule has 2 aromatic carbocycles. The second kappa shape index (κ2) is 7.58. The second-order valence-electron chi connectivity index (χ2n) is 6.57. The van der Waals surface area contributed by atoms with Gasteiger partial charge in [-0.05, 0) is 51.1 Å². The van der Waals surface area contributed by atoms with Crippen LogP contribution in [-0.4, -0.2) is 18.6 Å². The summed E-state index contributed by atoms with van der Waals surface area (Å²) in [6.45, 7) is 5.84. The third kappa shape index (κ3) is 4.90. The van der Waals surface area contributed by atoms with Gasteiger partial charge in [0.15, 0.2) is 0 Å². The van der Waals surface area contributed by atoms with Gasteiger partial charge in [0.25, 0.3) is 0 Å². The standard InChI is InChI=1S/C19H23ClN2O2/c1-19(2,3)22-18(23)17(15-7-5-6-8-16(15)20)21-13-9-11-14(24-4)12-10-13/h5-12,17,21H,1-4H3,(H,22,23). The van der Waals surface area contributed by atoms with Crippen molar-refractivity contribution in [3.05, 3.63) is 59.1 Å². The van der Waals surface area contributed by atoms with Crippen LogP contribution in [0.5, 0.6) is 5.75 Å². The Balaban J connectivity index is 2.31. The fourth-order valence-corrected chi connectivity index (χ4v) is 2.53. The van der Waals surface area contributed by atoms with Crippen LogP contribution in [0.1, 0.15) is 32.4 Å². The van der Waals surface area contributed by atoms with E-state index >= 15 is 0 Å². The number of methoxy groups -OCH3 is 1. The molecule has 0 aliphatic rings. The second-order valence-corrected chi connectivity index (χ2v) is 6.97.